The summed E-state index contributed by atoms with van der Waals surface area (Å²) in [7, 11) is 1.45. The average molecular weight is 780 g/mol. The van der Waals surface area contributed by atoms with Crippen molar-refractivity contribution in [2.75, 3.05) is 30.5 Å². The molecule has 3 amide bonds. The van der Waals surface area contributed by atoms with Gasteiger partial charge in [0.15, 0.2) is 18.1 Å². The van der Waals surface area contributed by atoms with Gasteiger partial charge < -0.3 is 24.5 Å². The van der Waals surface area contributed by atoms with Crippen molar-refractivity contribution >= 4 is 58.2 Å². The lowest BCUT2D eigenvalue weighted by atomic mass is 9.68. The van der Waals surface area contributed by atoms with Gasteiger partial charge in [0.25, 0.3) is 5.91 Å². The molecule has 7 atom stereocenters. The molecule has 2 aliphatic heterocycles. The van der Waals surface area contributed by atoms with Crippen molar-refractivity contribution in [3.8, 4) is 11.5 Å². The number of methoxy groups -OCH3 is 1. The SMILES string of the molecule is CCOC(=O)c1ccc(NC(=O)COc2ccc([C@H]3c4sc(=O)[nH]c4SC4C3[C@H]3C[C@@H]4C4C(=O)N(c5ccccc5C(F)(F)F)C(=O)C43)cc2OC)cc1. The molecule has 4 aliphatic rings. The first-order chi connectivity index (χ1) is 25.9. The number of H-pyrrole nitrogens is 1. The van der Waals surface area contributed by atoms with Crippen LogP contribution in [0.2, 0.25) is 0 Å². The largest absolute Gasteiger partial charge is 0.493 e. The average Bonchev–Trinajstić information content (AvgIpc) is 3.89. The number of alkyl halides is 3. The predicted octanol–water partition coefficient (Wildman–Crippen LogP) is 6.34. The van der Waals surface area contributed by atoms with Crippen molar-refractivity contribution in [3.05, 3.63) is 98.0 Å². The smallest absolute Gasteiger partial charge is 0.418 e. The molecule has 0 spiro atoms. The molecule has 2 bridgehead atoms. The summed E-state index contributed by atoms with van der Waals surface area (Å²) in [6.07, 6.45) is -4.21. The van der Waals surface area contributed by atoms with Crippen molar-refractivity contribution in [2.24, 2.45) is 29.6 Å². The molecule has 4 aromatic rings. The first kappa shape index (κ1) is 35.9. The molecule has 0 radical (unpaired) electrons. The van der Waals surface area contributed by atoms with Crippen molar-refractivity contribution in [1.29, 1.82) is 0 Å². The van der Waals surface area contributed by atoms with Crippen LogP contribution in [0, 0.1) is 29.6 Å². The molecule has 3 aromatic carbocycles. The third kappa shape index (κ3) is 5.95. The minimum atomic E-state index is -4.76. The maximum absolute atomic E-state index is 14.1. The highest BCUT2D eigenvalue weighted by Gasteiger charge is 2.70. The van der Waals surface area contributed by atoms with Gasteiger partial charge in [-0.25, -0.2) is 9.69 Å². The number of carbonyl (C=O) groups is 4. The molecule has 1 aromatic heterocycles. The van der Waals surface area contributed by atoms with Crippen molar-refractivity contribution in [3.63, 3.8) is 0 Å². The standard InChI is InChI=1S/C38H32F3N3O8S2/c1-3-51-36(48)17-8-11-19(12-9-17)42-26(45)16-52-24-13-10-18(14-25(24)50-2)27-28-20-15-21(31(28)53-33-32(27)54-37(49)43-33)30-29(20)34(46)44(35(30)47)23-7-5-4-6-22(23)38(39,40)41/h4-14,20-21,27-31H,3,15-16H2,1-2H3,(H,42,45)(H,43,49)/t20-,21-,27-,28?,29?,30?,31?/m1/s1. The number of nitrogens with one attached hydrogen (secondary N) is 2. The van der Waals surface area contributed by atoms with E-state index in [4.69, 9.17) is 14.2 Å². The number of rotatable bonds is 9. The van der Waals surface area contributed by atoms with Crippen LogP contribution < -0.4 is 24.6 Å². The van der Waals surface area contributed by atoms with E-state index in [-0.39, 0.29) is 46.8 Å². The van der Waals surface area contributed by atoms with Crippen LogP contribution in [0.5, 0.6) is 11.5 Å². The predicted molar refractivity (Wildman–Crippen MR) is 192 cm³/mol. The number of imide groups is 1. The fourth-order valence-electron chi connectivity index (χ4n) is 8.78. The third-order valence-corrected chi connectivity index (χ3v) is 13.3. The van der Waals surface area contributed by atoms with Crippen LogP contribution in [0.3, 0.4) is 0 Å². The fraction of sp³-hybridized carbons (Fsp3) is 0.342. The molecule has 11 nitrogen and oxygen atoms in total. The van der Waals surface area contributed by atoms with Gasteiger partial charge in [-0.15, -0.1) is 11.8 Å². The van der Waals surface area contributed by atoms with E-state index >= 15 is 0 Å². The van der Waals surface area contributed by atoms with Crippen LogP contribution in [0.25, 0.3) is 0 Å². The maximum Gasteiger partial charge on any atom is 0.418 e. The van der Waals surface area contributed by atoms with E-state index in [1.165, 1.54) is 49.2 Å². The fourth-order valence-corrected chi connectivity index (χ4v) is 11.7. The first-order valence-corrected chi connectivity index (χ1v) is 18.9. The maximum atomic E-state index is 14.1. The first-order valence-electron chi connectivity index (χ1n) is 17.2. The Labute approximate surface area is 314 Å². The number of thioether (sulfide) groups is 1. The Kier molecular flexibility index (Phi) is 9.07. The van der Waals surface area contributed by atoms with E-state index in [0.717, 1.165) is 32.7 Å². The summed E-state index contributed by atoms with van der Waals surface area (Å²) in [6, 6.07) is 16.1. The number of halogens is 3. The molecule has 280 valence electrons. The van der Waals surface area contributed by atoms with E-state index in [1.54, 1.807) is 31.2 Å². The molecule has 2 saturated carbocycles. The Balaban J connectivity index is 1.05. The van der Waals surface area contributed by atoms with Gasteiger partial charge in [-0.2, -0.15) is 13.2 Å². The number of hydrogen-bond acceptors (Lipinski definition) is 10. The summed E-state index contributed by atoms with van der Waals surface area (Å²) < 4.78 is 58.6. The van der Waals surface area contributed by atoms with Crippen molar-refractivity contribution in [1.82, 2.24) is 4.98 Å². The van der Waals surface area contributed by atoms with Gasteiger partial charge in [0.05, 0.1) is 47.4 Å². The number of aromatic amines is 1. The highest BCUT2D eigenvalue weighted by molar-refractivity contribution is 8.00. The van der Waals surface area contributed by atoms with Crippen LogP contribution in [-0.2, 0) is 25.3 Å². The second-order valence-electron chi connectivity index (χ2n) is 13.5. The second-order valence-corrected chi connectivity index (χ2v) is 15.7. The van der Waals surface area contributed by atoms with Gasteiger partial charge in [-0.1, -0.05) is 29.5 Å². The van der Waals surface area contributed by atoms with E-state index < -0.39 is 58.9 Å². The zero-order chi connectivity index (χ0) is 38.1. The summed E-state index contributed by atoms with van der Waals surface area (Å²) in [5.74, 6) is -4.37. The number of carbonyl (C=O) groups excluding carboxylic acids is 4. The minimum Gasteiger partial charge on any atom is -0.493 e. The zero-order valence-electron chi connectivity index (χ0n) is 28.7. The number of aromatic nitrogens is 1. The number of esters is 1. The number of thiazole rings is 1. The number of ether oxygens (including phenoxy) is 3. The molecule has 8 rings (SSSR count). The van der Waals surface area contributed by atoms with Crippen molar-refractivity contribution in [2.45, 2.75) is 35.7 Å². The summed E-state index contributed by atoms with van der Waals surface area (Å²) in [4.78, 5) is 69.6. The van der Waals surface area contributed by atoms with E-state index in [1.807, 2.05) is 6.07 Å². The summed E-state index contributed by atoms with van der Waals surface area (Å²) in [5, 5.41) is 3.19. The Hall–Kier alpha value is -5.09. The van der Waals surface area contributed by atoms with Gasteiger partial charge in [0, 0.05) is 21.7 Å². The van der Waals surface area contributed by atoms with Crippen LogP contribution in [0.15, 0.2) is 76.6 Å². The highest BCUT2D eigenvalue weighted by atomic mass is 32.2. The number of fused-ring (bicyclic) bond motifs is 9. The molecule has 4 unspecified atom stereocenters. The number of benzene rings is 3. The summed E-state index contributed by atoms with van der Waals surface area (Å²) >= 11 is 2.53. The lowest BCUT2D eigenvalue weighted by molar-refractivity contribution is -0.137. The minimum absolute atomic E-state index is 0.189. The van der Waals surface area contributed by atoms with Crippen LogP contribution in [0.4, 0.5) is 24.5 Å². The Morgan fingerprint density at radius 3 is 2.39 bits per heavy atom. The van der Waals surface area contributed by atoms with Gasteiger partial charge in [0.1, 0.15) is 0 Å². The zero-order valence-corrected chi connectivity index (χ0v) is 30.3. The van der Waals surface area contributed by atoms with Crippen LogP contribution >= 0.6 is 23.1 Å². The quantitative estimate of drug-likeness (QED) is 0.147. The van der Waals surface area contributed by atoms with Crippen LogP contribution in [0.1, 0.15) is 45.6 Å². The van der Waals surface area contributed by atoms with E-state index in [9.17, 15) is 37.1 Å². The van der Waals surface area contributed by atoms with Crippen LogP contribution in [-0.4, -0.2) is 54.2 Å². The number of anilines is 2. The number of hydrogen-bond donors (Lipinski definition) is 2. The number of amides is 3. The van der Waals surface area contributed by atoms with Gasteiger partial charge in [0.2, 0.25) is 11.8 Å². The molecular formula is C38H32F3N3O8S2. The molecule has 3 fully saturated rings. The monoisotopic (exact) mass is 779 g/mol. The third-order valence-electron chi connectivity index (χ3n) is 10.8. The molecule has 2 N–H and O–H groups in total. The molecule has 16 heteroatoms. The topological polar surface area (TPSA) is 144 Å². The number of para-hydroxylation sites is 1. The molecule has 54 heavy (non-hydrogen) atoms. The highest BCUT2D eigenvalue weighted by Crippen LogP contribution is 2.69. The Bertz CT molecular complexity index is 2240. The van der Waals surface area contributed by atoms with Gasteiger partial charge in [-0.05, 0) is 85.2 Å². The van der Waals surface area contributed by atoms with Gasteiger partial charge in [-0.3, -0.25) is 19.2 Å². The molecule has 3 heterocycles. The van der Waals surface area contributed by atoms with E-state index in [0.29, 0.717) is 28.4 Å². The number of nitrogens with zero attached hydrogens (tertiary/aromatic N) is 1. The van der Waals surface area contributed by atoms with Gasteiger partial charge >= 0.3 is 17.0 Å². The van der Waals surface area contributed by atoms with Crippen molar-refractivity contribution < 1.29 is 46.6 Å². The Morgan fingerprint density at radius 1 is 0.963 bits per heavy atom. The Morgan fingerprint density at radius 2 is 1.69 bits per heavy atom. The second kappa shape index (κ2) is 13.6. The summed E-state index contributed by atoms with van der Waals surface area (Å²) in [5.41, 5.74) is 0.0657. The molecular weight excluding hydrogens is 748 g/mol. The lowest BCUT2D eigenvalue weighted by Crippen LogP contribution is -2.42. The summed E-state index contributed by atoms with van der Waals surface area (Å²) in [6.45, 7) is 1.59. The molecule has 1 saturated heterocycles. The molecule has 2 aliphatic carbocycles. The van der Waals surface area contributed by atoms with E-state index in [2.05, 4.69) is 10.3 Å². The normalized spacial score (nSPS) is 25.2. The lowest BCUT2D eigenvalue weighted by Gasteiger charge is -2.43.